The Morgan fingerprint density at radius 3 is 2.92 bits per heavy atom. The smallest absolute Gasteiger partial charge is 0.277 e. The van der Waals surface area contributed by atoms with Gasteiger partial charge in [-0.3, -0.25) is 4.79 Å². The molecule has 1 aliphatic heterocycles. The van der Waals surface area contributed by atoms with Crippen molar-refractivity contribution < 1.29 is 13.6 Å². The topological polar surface area (TPSA) is 72.4 Å². The van der Waals surface area contributed by atoms with E-state index in [1.807, 2.05) is 36.9 Å². The summed E-state index contributed by atoms with van der Waals surface area (Å²) in [4.78, 5) is 14.6. The van der Waals surface area contributed by atoms with Crippen LogP contribution in [0.25, 0.3) is 11.5 Å². The molecule has 0 bridgehead atoms. The number of furan rings is 1. The third-order valence-corrected chi connectivity index (χ3v) is 5.20. The van der Waals surface area contributed by atoms with E-state index in [1.54, 1.807) is 12.3 Å². The molecule has 0 saturated heterocycles. The number of thioether (sulfide) groups is 1. The fraction of sp³-hybridized carbons (Fsp3) is 0.278. The van der Waals surface area contributed by atoms with Gasteiger partial charge in [-0.2, -0.15) is 0 Å². The standard InChI is InChI=1S/C18H17N3O3S/c1-11-14(8-10-23-11)16-19-20-18(24-16)25-12(2)17(22)21-9-7-13-5-3-4-6-15(13)21/h3-6,8,10,12H,7,9H2,1-2H3/t12-/m0/s1. The van der Waals surface area contributed by atoms with Gasteiger partial charge >= 0.3 is 0 Å². The Bertz CT molecular complexity index is 918. The van der Waals surface area contributed by atoms with E-state index in [4.69, 9.17) is 8.83 Å². The Kier molecular flexibility index (Phi) is 4.09. The number of amides is 1. The van der Waals surface area contributed by atoms with Crippen molar-refractivity contribution in [1.82, 2.24) is 10.2 Å². The Balaban J connectivity index is 1.48. The molecular weight excluding hydrogens is 338 g/mol. The summed E-state index contributed by atoms with van der Waals surface area (Å²) in [5.74, 6) is 1.17. The largest absolute Gasteiger partial charge is 0.469 e. The Morgan fingerprint density at radius 1 is 1.28 bits per heavy atom. The maximum atomic E-state index is 12.8. The monoisotopic (exact) mass is 355 g/mol. The second kappa shape index (κ2) is 6.40. The van der Waals surface area contributed by atoms with Gasteiger partial charge in [0.25, 0.3) is 11.1 Å². The number of rotatable bonds is 4. The second-order valence-electron chi connectivity index (χ2n) is 5.89. The number of para-hydroxylation sites is 1. The van der Waals surface area contributed by atoms with E-state index in [2.05, 4.69) is 16.3 Å². The molecule has 1 amide bonds. The summed E-state index contributed by atoms with van der Waals surface area (Å²) in [6, 6.07) is 9.80. The van der Waals surface area contributed by atoms with E-state index < -0.39 is 0 Å². The summed E-state index contributed by atoms with van der Waals surface area (Å²) in [6.07, 6.45) is 2.47. The molecule has 0 radical (unpaired) electrons. The molecule has 4 rings (SSSR count). The maximum Gasteiger partial charge on any atom is 0.277 e. The highest BCUT2D eigenvalue weighted by Gasteiger charge is 2.29. The lowest BCUT2D eigenvalue weighted by Gasteiger charge is -2.20. The van der Waals surface area contributed by atoms with Gasteiger partial charge in [-0.25, -0.2) is 0 Å². The van der Waals surface area contributed by atoms with Crippen LogP contribution in [0.2, 0.25) is 0 Å². The van der Waals surface area contributed by atoms with Gasteiger partial charge in [0.2, 0.25) is 5.91 Å². The van der Waals surface area contributed by atoms with Crippen molar-refractivity contribution in [2.24, 2.45) is 0 Å². The zero-order valence-corrected chi connectivity index (χ0v) is 14.7. The van der Waals surface area contributed by atoms with E-state index in [9.17, 15) is 4.79 Å². The van der Waals surface area contributed by atoms with Crippen molar-refractivity contribution in [2.75, 3.05) is 11.4 Å². The number of fused-ring (bicyclic) bond motifs is 1. The molecule has 0 saturated carbocycles. The molecule has 25 heavy (non-hydrogen) atoms. The summed E-state index contributed by atoms with van der Waals surface area (Å²) in [5.41, 5.74) is 2.98. The number of anilines is 1. The molecule has 0 unspecified atom stereocenters. The van der Waals surface area contributed by atoms with Crippen LogP contribution in [0.1, 0.15) is 18.2 Å². The third kappa shape index (κ3) is 2.95. The van der Waals surface area contributed by atoms with E-state index in [0.717, 1.165) is 23.4 Å². The van der Waals surface area contributed by atoms with Gasteiger partial charge in [-0.05, 0) is 38.0 Å². The first-order chi connectivity index (χ1) is 12.1. The highest BCUT2D eigenvalue weighted by molar-refractivity contribution is 8.00. The Hall–Kier alpha value is -2.54. The number of benzene rings is 1. The summed E-state index contributed by atoms with van der Waals surface area (Å²) >= 11 is 1.28. The van der Waals surface area contributed by atoms with Crippen LogP contribution < -0.4 is 4.90 Å². The van der Waals surface area contributed by atoms with Crippen LogP contribution in [0.3, 0.4) is 0 Å². The highest BCUT2D eigenvalue weighted by atomic mass is 32.2. The fourth-order valence-corrected chi connectivity index (χ4v) is 3.71. The SMILES string of the molecule is Cc1occc1-c1nnc(S[C@@H](C)C(=O)N2CCc3ccccc32)o1. The van der Waals surface area contributed by atoms with Crippen molar-refractivity contribution in [1.29, 1.82) is 0 Å². The summed E-state index contributed by atoms with van der Waals surface area (Å²) < 4.78 is 10.9. The van der Waals surface area contributed by atoms with Crippen LogP contribution in [0.15, 0.2) is 50.7 Å². The molecule has 0 aliphatic carbocycles. The average Bonchev–Trinajstić information content (AvgIpc) is 3.33. The minimum atomic E-state index is -0.315. The predicted octanol–water partition coefficient (Wildman–Crippen LogP) is 3.71. The third-order valence-electron chi connectivity index (χ3n) is 4.27. The first-order valence-electron chi connectivity index (χ1n) is 8.07. The van der Waals surface area contributed by atoms with Crippen molar-refractivity contribution in [3.63, 3.8) is 0 Å². The molecule has 0 spiro atoms. The molecule has 7 heteroatoms. The van der Waals surface area contributed by atoms with Gasteiger partial charge < -0.3 is 13.7 Å². The van der Waals surface area contributed by atoms with Crippen molar-refractivity contribution in [3.05, 3.63) is 47.9 Å². The molecule has 3 aromatic rings. The minimum absolute atomic E-state index is 0.0502. The van der Waals surface area contributed by atoms with E-state index in [1.165, 1.54) is 17.3 Å². The molecule has 6 nitrogen and oxygen atoms in total. The number of nitrogens with zero attached hydrogens (tertiary/aromatic N) is 3. The van der Waals surface area contributed by atoms with Crippen LogP contribution in [0, 0.1) is 6.92 Å². The Labute approximate surface area is 149 Å². The van der Waals surface area contributed by atoms with Gasteiger partial charge in [-0.1, -0.05) is 30.0 Å². The number of hydrogen-bond donors (Lipinski definition) is 0. The molecule has 1 atom stereocenters. The first kappa shape index (κ1) is 16.0. The number of carbonyl (C=O) groups is 1. The summed E-state index contributed by atoms with van der Waals surface area (Å²) in [5, 5.41) is 8.15. The molecule has 2 aromatic heterocycles. The van der Waals surface area contributed by atoms with Crippen molar-refractivity contribution in [3.8, 4) is 11.5 Å². The molecule has 0 N–H and O–H groups in total. The summed E-state index contributed by atoms with van der Waals surface area (Å²) in [6.45, 7) is 4.41. The number of carbonyl (C=O) groups excluding carboxylic acids is 1. The quantitative estimate of drug-likeness (QED) is 0.664. The predicted molar refractivity (Wildman–Crippen MR) is 94.6 cm³/mol. The molecule has 3 heterocycles. The molecular formula is C18H17N3O3S. The highest BCUT2D eigenvalue weighted by Crippen LogP contribution is 2.32. The van der Waals surface area contributed by atoms with E-state index in [0.29, 0.717) is 17.7 Å². The normalized spacial score (nSPS) is 14.6. The van der Waals surface area contributed by atoms with Crippen LogP contribution >= 0.6 is 11.8 Å². The maximum absolute atomic E-state index is 12.8. The van der Waals surface area contributed by atoms with Crippen LogP contribution in [0.5, 0.6) is 0 Å². The fourth-order valence-electron chi connectivity index (χ4n) is 2.96. The molecule has 128 valence electrons. The minimum Gasteiger partial charge on any atom is -0.469 e. The summed E-state index contributed by atoms with van der Waals surface area (Å²) in [7, 11) is 0. The van der Waals surface area contributed by atoms with E-state index >= 15 is 0 Å². The van der Waals surface area contributed by atoms with Gasteiger partial charge in [0.1, 0.15) is 5.76 Å². The number of hydrogen-bond acceptors (Lipinski definition) is 6. The molecule has 1 aromatic carbocycles. The van der Waals surface area contributed by atoms with Crippen LogP contribution in [0.4, 0.5) is 5.69 Å². The molecule has 1 aliphatic rings. The zero-order chi connectivity index (χ0) is 17.4. The molecule has 0 fully saturated rings. The Morgan fingerprint density at radius 2 is 2.12 bits per heavy atom. The van der Waals surface area contributed by atoms with Gasteiger partial charge in [0, 0.05) is 12.2 Å². The first-order valence-corrected chi connectivity index (χ1v) is 8.95. The lowest BCUT2D eigenvalue weighted by molar-refractivity contribution is -0.117. The van der Waals surface area contributed by atoms with Gasteiger partial charge in [0.05, 0.1) is 17.1 Å². The second-order valence-corrected chi connectivity index (χ2v) is 7.18. The zero-order valence-electron chi connectivity index (χ0n) is 13.9. The van der Waals surface area contributed by atoms with Gasteiger partial charge in [-0.15, -0.1) is 10.2 Å². The average molecular weight is 355 g/mol. The van der Waals surface area contributed by atoms with E-state index in [-0.39, 0.29) is 11.2 Å². The number of aromatic nitrogens is 2. The lowest BCUT2D eigenvalue weighted by Crippen LogP contribution is -2.35. The van der Waals surface area contributed by atoms with Crippen molar-refractivity contribution >= 4 is 23.4 Å². The van der Waals surface area contributed by atoms with Crippen LogP contribution in [-0.4, -0.2) is 27.9 Å². The lowest BCUT2D eigenvalue weighted by atomic mass is 10.2. The van der Waals surface area contributed by atoms with Crippen molar-refractivity contribution in [2.45, 2.75) is 30.7 Å². The van der Waals surface area contributed by atoms with Gasteiger partial charge in [0.15, 0.2) is 0 Å². The number of aryl methyl sites for hydroxylation is 1. The van der Waals surface area contributed by atoms with Crippen LogP contribution in [-0.2, 0) is 11.2 Å².